The summed E-state index contributed by atoms with van der Waals surface area (Å²) in [6, 6.07) is 5.67. The quantitative estimate of drug-likeness (QED) is 0.805. The van der Waals surface area contributed by atoms with Crippen LogP contribution in [0.5, 0.6) is 0 Å². The SMILES string of the molecule is CC1CSCCN1Cc1ccc(N)c(F)c1. The molecule has 1 aromatic carbocycles. The van der Waals surface area contributed by atoms with Gasteiger partial charge in [-0.15, -0.1) is 0 Å². The molecule has 1 unspecified atom stereocenters. The largest absolute Gasteiger partial charge is 0.396 e. The molecule has 1 aliphatic rings. The maximum Gasteiger partial charge on any atom is 0.146 e. The van der Waals surface area contributed by atoms with E-state index < -0.39 is 0 Å². The Kier molecular flexibility index (Phi) is 3.71. The van der Waals surface area contributed by atoms with Crippen molar-refractivity contribution in [3.63, 3.8) is 0 Å². The number of nitrogens with two attached hydrogens (primary N) is 1. The zero-order valence-corrected chi connectivity index (χ0v) is 10.3. The van der Waals surface area contributed by atoms with Crippen LogP contribution in [0.25, 0.3) is 0 Å². The number of rotatable bonds is 2. The van der Waals surface area contributed by atoms with E-state index in [9.17, 15) is 4.39 Å². The van der Waals surface area contributed by atoms with Crippen LogP contribution in [0.4, 0.5) is 10.1 Å². The van der Waals surface area contributed by atoms with Gasteiger partial charge >= 0.3 is 0 Å². The number of nitrogen functional groups attached to an aromatic ring is 1. The number of halogens is 1. The van der Waals surface area contributed by atoms with Crippen molar-refractivity contribution in [3.05, 3.63) is 29.6 Å². The molecule has 0 aliphatic carbocycles. The fourth-order valence-electron chi connectivity index (χ4n) is 1.90. The number of nitrogens with zero attached hydrogens (tertiary/aromatic N) is 1. The van der Waals surface area contributed by atoms with Crippen molar-refractivity contribution >= 4 is 17.4 Å². The van der Waals surface area contributed by atoms with Gasteiger partial charge < -0.3 is 5.73 Å². The predicted octanol–water partition coefficient (Wildman–Crippen LogP) is 2.35. The molecule has 2 rings (SSSR count). The van der Waals surface area contributed by atoms with Gasteiger partial charge in [0, 0.05) is 30.6 Å². The minimum absolute atomic E-state index is 0.228. The van der Waals surface area contributed by atoms with Crippen LogP contribution in [0.3, 0.4) is 0 Å². The summed E-state index contributed by atoms with van der Waals surface area (Å²) < 4.78 is 13.3. The molecule has 1 fully saturated rings. The first-order valence-corrected chi connectivity index (χ1v) is 6.68. The molecule has 1 atom stereocenters. The smallest absolute Gasteiger partial charge is 0.146 e. The van der Waals surface area contributed by atoms with Gasteiger partial charge in [0.25, 0.3) is 0 Å². The van der Waals surface area contributed by atoms with Crippen LogP contribution < -0.4 is 5.73 Å². The average molecular weight is 240 g/mol. The van der Waals surface area contributed by atoms with Crippen LogP contribution in [0.2, 0.25) is 0 Å². The lowest BCUT2D eigenvalue weighted by Crippen LogP contribution is -2.39. The van der Waals surface area contributed by atoms with Crippen molar-refractivity contribution < 1.29 is 4.39 Å². The van der Waals surface area contributed by atoms with Crippen molar-refractivity contribution in [3.8, 4) is 0 Å². The highest BCUT2D eigenvalue weighted by Gasteiger charge is 2.18. The Morgan fingerprint density at radius 3 is 3.06 bits per heavy atom. The van der Waals surface area contributed by atoms with E-state index >= 15 is 0 Å². The van der Waals surface area contributed by atoms with Crippen LogP contribution in [0, 0.1) is 5.82 Å². The first-order valence-electron chi connectivity index (χ1n) is 5.52. The molecule has 88 valence electrons. The molecular formula is C12H17FN2S. The third kappa shape index (κ3) is 2.68. The number of hydrogen-bond acceptors (Lipinski definition) is 3. The number of benzene rings is 1. The van der Waals surface area contributed by atoms with E-state index in [-0.39, 0.29) is 11.5 Å². The number of hydrogen-bond donors (Lipinski definition) is 1. The monoisotopic (exact) mass is 240 g/mol. The van der Waals surface area contributed by atoms with Crippen molar-refractivity contribution in [2.45, 2.75) is 19.5 Å². The molecule has 2 N–H and O–H groups in total. The Morgan fingerprint density at radius 2 is 2.38 bits per heavy atom. The lowest BCUT2D eigenvalue weighted by atomic mass is 10.1. The zero-order valence-electron chi connectivity index (χ0n) is 9.45. The van der Waals surface area contributed by atoms with Gasteiger partial charge in [0.2, 0.25) is 0 Å². The van der Waals surface area contributed by atoms with E-state index in [1.54, 1.807) is 12.1 Å². The fourth-order valence-corrected chi connectivity index (χ4v) is 2.98. The van der Waals surface area contributed by atoms with E-state index in [4.69, 9.17) is 5.73 Å². The van der Waals surface area contributed by atoms with Gasteiger partial charge in [-0.1, -0.05) is 6.07 Å². The van der Waals surface area contributed by atoms with Crippen molar-refractivity contribution in [1.29, 1.82) is 0 Å². The molecule has 1 aliphatic heterocycles. The minimum Gasteiger partial charge on any atom is -0.396 e. The second-order valence-corrected chi connectivity index (χ2v) is 5.40. The molecule has 16 heavy (non-hydrogen) atoms. The normalized spacial score (nSPS) is 22.2. The van der Waals surface area contributed by atoms with Crippen LogP contribution in [0.15, 0.2) is 18.2 Å². The van der Waals surface area contributed by atoms with Crippen LogP contribution in [0.1, 0.15) is 12.5 Å². The molecule has 0 aromatic heterocycles. The van der Waals surface area contributed by atoms with Gasteiger partial charge in [-0.25, -0.2) is 4.39 Å². The van der Waals surface area contributed by atoms with E-state index in [1.165, 1.54) is 5.75 Å². The van der Waals surface area contributed by atoms with Gasteiger partial charge in [0.15, 0.2) is 0 Å². The first kappa shape index (κ1) is 11.7. The summed E-state index contributed by atoms with van der Waals surface area (Å²) in [6.07, 6.45) is 0. The third-order valence-electron chi connectivity index (χ3n) is 2.96. The Bertz CT molecular complexity index is 370. The number of anilines is 1. The molecule has 4 heteroatoms. The van der Waals surface area contributed by atoms with Crippen molar-refractivity contribution in [2.24, 2.45) is 0 Å². The first-order chi connectivity index (χ1) is 7.66. The molecule has 1 heterocycles. The fraction of sp³-hybridized carbons (Fsp3) is 0.500. The molecule has 1 aromatic rings. The minimum atomic E-state index is -0.309. The predicted molar refractivity (Wildman–Crippen MR) is 68.0 cm³/mol. The zero-order chi connectivity index (χ0) is 11.5. The summed E-state index contributed by atoms with van der Waals surface area (Å²) in [6.45, 7) is 4.12. The lowest BCUT2D eigenvalue weighted by Gasteiger charge is -2.32. The summed E-state index contributed by atoms with van der Waals surface area (Å²) >= 11 is 1.99. The van der Waals surface area contributed by atoms with Gasteiger partial charge in [-0.05, 0) is 24.6 Å². The summed E-state index contributed by atoms with van der Waals surface area (Å²) in [5.41, 5.74) is 6.69. The molecule has 0 bridgehead atoms. The van der Waals surface area contributed by atoms with E-state index in [0.29, 0.717) is 6.04 Å². The molecule has 0 saturated carbocycles. The van der Waals surface area contributed by atoms with Gasteiger partial charge in [-0.2, -0.15) is 11.8 Å². The highest BCUT2D eigenvalue weighted by molar-refractivity contribution is 7.99. The van der Waals surface area contributed by atoms with Gasteiger partial charge in [0.1, 0.15) is 5.82 Å². The van der Waals surface area contributed by atoms with E-state index in [1.807, 2.05) is 17.8 Å². The molecule has 1 saturated heterocycles. The maximum atomic E-state index is 13.3. The maximum absolute atomic E-state index is 13.3. The summed E-state index contributed by atoms with van der Waals surface area (Å²) in [5.74, 6) is 2.02. The van der Waals surface area contributed by atoms with Crippen molar-refractivity contribution in [2.75, 3.05) is 23.8 Å². The second kappa shape index (κ2) is 5.06. The Labute approximate surface area is 100 Å². The molecular weight excluding hydrogens is 223 g/mol. The highest BCUT2D eigenvalue weighted by Crippen LogP contribution is 2.20. The number of thioether (sulfide) groups is 1. The average Bonchev–Trinajstić information content (AvgIpc) is 2.27. The van der Waals surface area contributed by atoms with E-state index in [0.717, 1.165) is 24.4 Å². The second-order valence-electron chi connectivity index (χ2n) is 4.25. The van der Waals surface area contributed by atoms with Gasteiger partial charge in [0.05, 0.1) is 5.69 Å². The van der Waals surface area contributed by atoms with E-state index in [2.05, 4.69) is 11.8 Å². The van der Waals surface area contributed by atoms with Crippen LogP contribution >= 0.6 is 11.8 Å². The summed E-state index contributed by atoms with van der Waals surface area (Å²) in [4.78, 5) is 2.39. The Balaban J connectivity index is 2.05. The Hall–Kier alpha value is -0.740. The van der Waals surface area contributed by atoms with Crippen LogP contribution in [-0.4, -0.2) is 29.0 Å². The molecule has 2 nitrogen and oxygen atoms in total. The van der Waals surface area contributed by atoms with Crippen LogP contribution in [-0.2, 0) is 6.54 Å². The molecule has 0 radical (unpaired) electrons. The molecule has 0 amide bonds. The highest BCUT2D eigenvalue weighted by atomic mass is 32.2. The van der Waals surface area contributed by atoms with Gasteiger partial charge in [-0.3, -0.25) is 4.90 Å². The summed E-state index contributed by atoms with van der Waals surface area (Å²) in [5, 5.41) is 0. The van der Waals surface area contributed by atoms with Crippen molar-refractivity contribution in [1.82, 2.24) is 4.90 Å². The topological polar surface area (TPSA) is 29.3 Å². The lowest BCUT2D eigenvalue weighted by molar-refractivity contribution is 0.223. The third-order valence-corrected chi connectivity index (χ3v) is 4.15. The standard InChI is InChI=1S/C12H17FN2S/c1-9-8-16-5-4-15(9)7-10-2-3-12(14)11(13)6-10/h2-3,6,9H,4-5,7-8,14H2,1H3. The Morgan fingerprint density at radius 1 is 1.56 bits per heavy atom. The summed E-state index contributed by atoms with van der Waals surface area (Å²) in [7, 11) is 0. The molecule has 0 spiro atoms.